The normalized spacial score (nSPS) is 21.0. The van der Waals surface area contributed by atoms with Gasteiger partial charge in [-0.1, -0.05) is 30.9 Å². The molecule has 6 heteroatoms. The summed E-state index contributed by atoms with van der Waals surface area (Å²) < 4.78 is 13.9. The maximum absolute atomic E-state index is 13.9. The molecule has 21 heavy (non-hydrogen) atoms. The van der Waals surface area contributed by atoms with Crippen molar-refractivity contribution in [3.05, 3.63) is 34.6 Å². The highest BCUT2D eigenvalue weighted by molar-refractivity contribution is 6.30. The van der Waals surface area contributed by atoms with Crippen molar-refractivity contribution >= 4 is 23.5 Å². The van der Waals surface area contributed by atoms with Gasteiger partial charge in [0.25, 0.3) is 5.91 Å². The van der Waals surface area contributed by atoms with Gasteiger partial charge in [0.15, 0.2) is 0 Å². The van der Waals surface area contributed by atoms with Gasteiger partial charge in [-0.25, -0.2) is 9.18 Å². The highest BCUT2D eigenvalue weighted by atomic mass is 35.5. The molecule has 1 heterocycles. The summed E-state index contributed by atoms with van der Waals surface area (Å²) in [6, 6.07) is 3.80. The lowest BCUT2D eigenvalue weighted by Gasteiger charge is -2.38. The van der Waals surface area contributed by atoms with Gasteiger partial charge in [0.1, 0.15) is 11.4 Å². The lowest BCUT2D eigenvalue weighted by Crippen LogP contribution is -2.50. The Morgan fingerprint density at radius 3 is 2.67 bits per heavy atom. The number of carbonyl (C=O) groups excluding carboxylic acids is 2. The highest BCUT2D eigenvalue weighted by Gasteiger charge is 2.52. The molecule has 2 fully saturated rings. The number of halogens is 2. The third-order valence-electron chi connectivity index (χ3n) is 4.42. The van der Waals surface area contributed by atoms with Gasteiger partial charge in [-0.3, -0.25) is 10.1 Å². The number of benzene rings is 1. The van der Waals surface area contributed by atoms with Crippen LogP contribution in [0.4, 0.5) is 9.18 Å². The lowest BCUT2D eigenvalue weighted by atomic mass is 9.80. The molecule has 3 rings (SSSR count). The Morgan fingerprint density at radius 1 is 1.24 bits per heavy atom. The predicted octanol–water partition coefficient (Wildman–Crippen LogP) is 3.23. The second-order valence-corrected chi connectivity index (χ2v) is 6.11. The van der Waals surface area contributed by atoms with E-state index in [0.29, 0.717) is 23.4 Å². The van der Waals surface area contributed by atoms with Gasteiger partial charge >= 0.3 is 6.03 Å². The molecule has 1 aromatic rings. The Morgan fingerprint density at radius 2 is 1.95 bits per heavy atom. The number of carbonyl (C=O) groups is 2. The molecule has 0 bridgehead atoms. The fraction of sp³-hybridized carbons (Fsp3) is 0.467. The third kappa shape index (κ3) is 2.39. The molecule has 1 aliphatic heterocycles. The Bertz CT molecular complexity index is 599. The molecule has 1 saturated carbocycles. The number of hydrogen-bond acceptors (Lipinski definition) is 2. The van der Waals surface area contributed by atoms with E-state index in [-0.39, 0.29) is 12.5 Å². The van der Waals surface area contributed by atoms with Crippen molar-refractivity contribution < 1.29 is 14.0 Å². The van der Waals surface area contributed by atoms with E-state index in [2.05, 4.69) is 5.32 Å². The van der Waals surface area contributed by atoms with Crippen LogP contribution in [0.2, 0.25) is 5.02 Å². The molecule has 0 atom stereocenters. The molecule has 112 valence electrons. The third-order valence-corrected chi connectivity index (χ3v) is 4.66. The summed E-state index contributed by atoms with van der Waals surface area (Å²) in [4.78, 5) is 25.8. The van der Waals surface area contributed by atoms with Crippen molar-refractivity contribution in [3.63, 3.8) is 0 Å². The smallest absolute Gasteiger partial charge is 0.305 e. The zero-order chi connectivity index (χ0) is 15.0. The van der Waals surface area contributed by atoms with Crippen molar-refractivity contribution in [2.75, 3.05) is 0 Å². The lowest BCUT2D eigenvalue weighted by molar-refractivity contribution is -0.128. The molecule has 1 saturated heterocycles. The number of nitrogens with one attached hydrogen (secondary N) is 1. The van der Waals surface area contributed by atoms with Gasteiger partial charge in [-0.05, 0) is 31.0 Å². The van der Waals surface area contributed by atoms with Crippen LogP contribution in [0.5, 0.6) is 0 Å². The van der Waals surface area contributed by atoms with E-state index in [0.717, 1.165) is 19.3 Å². The van der Waals surface area contributed by atoms with E-state index < -0.39 is 17.4 Å². The zero-order valence-corrected chi connectivity index (χ0v) is 12.3. The summed E-state index contributed by atoms with van der Waals surface area (Å²) in [5.41, 5.74) is -0.485. The van der Waals surface area contributed by atoms with Crippen LogP contribution in [0.1, 0.15) is 37.7 Å². The van der Waals surface area contributed by atoms with Gasteiger partial charge in [-0.2, -0.15) is 0 Å². The fourth-order valence-corrected chi connectivity index (χ4v) is 3.48. The number of urea groups is 1. The largest absolute Gasteiger partial charge is 0.325 e. The number of amides is 3. The maximum atomic E-state index is 13.9. The first-order chi connectivity index (χ1) is 10.0. The molecule has 3 amide bonds. The Labute approximate surface area is 127 Å². The average molecular weight is 311 g/mol. The minimum atomic E-state index is -0.815. The first kappa shape index (κ1) is 14.3. The van der Waals surface area contributed by atoms with E-state index >= 15 is 0 Å². The van der Waals surface area contributed by atoms with E-state index in [1.54, 1.807) is 0 Å². The number of nitrogens with zero attached hydrogens (tertiary/aromatic N) is 1. The first-order valence-corrected chi connectivity index (χ1v) is 7.48. The summed E-state index contributed by atoms with van der Waals surface area (Å²) in [5.74, 6) is -0.674. The van der Waals surface area contributed by atoms with Crippen LogP contribution < -0.4 is 5.32 Å². The van der Waals surface area contributed by atoms with E-state index in [4.69, 9.17) is 11.6 Å². The molecule has 2 aliphatic rings. The fourth-order valence-electron chi connectivity index (χ4n) is 3.29. The number of rotatable bonds is 2. The Kier molecular flexibility index (Phi) is 3.61. The van der Waals surface area contributed by atoms with Crippen molar-refractivity contribution in [3.8, 4) is 0 Å². The van der Waals surface area contributed by atoms with Gasteiger partial charge in [0.05, 0.1) is 6.54 Å². The molecule has 0 unspecified atom stereocenters. The highest BCUT2D eigenvalue weighted by Crippen LogP contribution is 2.38. The molecule has 0 aromatic heterocycles. The summed E-state index contributed by atoms with van der Waals surface area (Å²) in [7, 11) is 0. The van der Waals surface area contributed by atoms with Gasteiger partial charge in [0, 0.05) is 10.6 Å². The Balaban J connectivity index is 1.93. The molecule has 1 spiro atoms. The van der Waals surface area contributed by atoms with Gasteiger partial charge in [0.2, 0.25) is 0 Å². The van der Waals surface area contributed by atoms with Gasteiger partial charge in [-0.15, -0.1) is 0 Å². The van der Waals surface area contributed by atoms with E-state index in [9.17, 15) is 14.0 Å². The topological polar surface area (TPSA) is 49.4 Å². The van der Waals surface area contributed by atoms with E-state index in [1.165, 1.54) is 23.1 Å². The maximum Gasteiger partial charge on any atom is 0.325 e. The molecule has 4 nitrogen and oxygen atoms in total. The average Bonchev–Trinajstić information content (AvgIpc) is 2.68. The van der Waals surface area contributed by atoms with Crippen LogP contribution in [0.15, 0.2) is 18.2 Å². The van der Waals surface area contributed by atoms with Gasteiger partial charge < -0.3 is 4.90 Å². The predicted molar refractivity (Wildman–Crippen MR) is 76.3 cm³/mol. The number of imide groups is 1. The molecule has 1 N–H and O–H groups in total. The van der Waals surface area contributed by atoms with Crippen molar-refractivity contribution in [1.82, 2.24) is 10.2 Å². The summed E-state index contributed by atoms with van der Waals surface area (Å²) >= 11 is 5.89. The minimum absolute atomic E-state index is 0.0595. The van der Waals surface area contributed by atoms with Crippen LogP contribution in [0.3, 0.4) is 0 Å². The second kappa shape index (κ2) is 5.30. The van der Waals surface area contributed by atoms with Crippen LogP contribution in [-0.4, -0.2) is 22.4 Å². The second-order valence-electron chi connectivity index (χ2n) is 5.67. The first-order valence-electron chi connectivity index (χ1n) is 7.10. The van der Waals surface area contributed by atoms with E-state index in [1.807, 2.05) is 0 Å². The number of hydrogen-bond donors (Lipinski definition) is 1. The van der Waals surface area contributed by atoms with Crippen LogP contribution in [-0.2, 0) is 11.3 Å². The molecule has 1 aliphatic carbocycles. The molecule has 1 aromatic carbocycles. The van der Waals surface area contributed by atoms with Crippen molar-refractivity contribution in [2.24, 2.45) is 0 Å². The molecule has 0 radical (unpaired) electrons. The SMILES string of the molecule is O=C1NC(=O)C2(CCCCC2)N1Cc1cc(Cl)ccc1F. The van der Waals surface area contributed by atoms with Crippen LogP contribution in [0, 0.1) is 5.82 Å². The van der Waals surface area contributed by atoms with Crippen LogP contribution in [0.25, 0.3) is 0 Å². The van der Waals surface area contributed by atoms with Crippen LogP contribution >= 0.6 is 11.6 Å². The van der Waals surface area contributed by atoms with Crippen molar-refractivity contribution in [1.29, 1.82) is 0 Å². The summed E-state index contributed by atoms with van der Waals surface area (Å²) in [6.07, 6.45) is 4.12. The standard InChI is InChI=1S/C15H16ClFN2O2/c16-11-4-5-12(17)10(8-11)9-19-14(21)18-13(20)15(19)6-2-1-3-7-15/h4-5,8H,1-3,6-7,9H2,(H,18,20,21). The minimum Gasteiger partial charge on any atom is -0.305 e. The monoisotopic (exact) mass is 310 g/mol. The summed E-state index contributed by atoms with van der Waals surface area (Å²) in [6.45, 7) is 0.0595. The Hall–Kier alpha value is -1.62. The van der Waals surface area contributed by atoms with Crippen molar-refractivity contribution in [2.45, 2.75) is 44.2 Å². The quantitative estimate of drug-likeness (QED) is 0.853. The molecular weight excluding hydrogens is 295 g/mol. The molecular formula is C15H16ClFN2O2. The summed E-state index contributed by atoms with van der Waals surface area (Å²) in [5, 5.41) is 2.79. The zero-order valence-electron chi connectivity index (χ0n) is 11.5.